The van der Waals surface area contributed by atoms with Crippen LogP contribution in [-0.2, 0) is 0 Å². The van der Waals surface area contributed by atoms with E-state index in [4.69, 9.17) is 4.74 Å². The molecule has 0 unspecified atom stereocenters. The van der Waals surface area contributed by atoms with Gasteiger partial charge in [0.1, 0.15) is 12.4 Å². The van der Waals surface area contributed by atoms with Gasteiger partial charge >= 0.3 is 6.01 Å². The Labute approximate surface area is 139 Å². The van der Waals surface area contributed by atoms with Gasteiger partial charge in [-0.1, -0.05) is 0 Å². The van der Waals surface area contributed by atoms with E-state index in [9.17, 15) is 4.39 Å². The molecule has 6 nitrogen and oxygen atoms in total. The maximum Gasteiger partial charge on any atom is 0.316 e. The normalized spacial score (nSPS) is 11.0. The molecule has 0 radical (unpaired) electrons. The summed E-state index contributed by atoms with van der Waals surface area (Å²) in [5.41, 5.74) is 2.91. The summed E-state index contributed by atoms with van der Waals surface area (Å²) in [5.74, 6) is -0.283. The maximum absolute atomic E-state index is 13.1. The largest absolute Gasteiger partial charge is 0.462 e. The van der Waals surface area contributed by atoms with Crippen LogP contribution >= 0.6 is 0 Å². The summed E-state index contributed by atoms with van der Waals surface area (Å²) in [7, 11) is 3.94. The van der Waals surface area contributed by atoms with Crippen LogP contribution in [0.15, 0.2) is 42.9 Å². The molecule has 0 amide bonds. The van der Waals surface area contributed by atoms with Crippen molar-refractivity contribution in [3.05, 3.63) is 48.7 Å². The number of nitrogens with one attached hydrogen (secondary N) is 1. The van der Waals surface area contributed by atoms with E-state index < -0.39 is 0 Å². The molecule has 2 heterocycles. The Bertz CT molecular complexity index is 801. The molecule has 0 saturated heterocycles. The predicted octanol–water partition coefficient (Wildman–Crippen LogP) is 2.61. The molecule has 1 N–H and O–H groups in total. The Hall–Kier alpha value is -2.80. The number of nitrogens with zero attached hydrogens (tertiary/aromatic N) is 4. The molecule has 3 aromatic rings. The Balaban J connectivity index is 1.85. The first-order chi connectivity index (χ1) is 11.6. The number of rotatable bonds is 6. The van der Waals surface area contributed by atoms with Crippen molar-refractivity contribution >= 4 is 0 Å². The Morgan fingerprint density at radius 1 is 1.12 bits per heavy atom. The summed E-state index contributed by atoms with van der Waals surface area (Å²) < 4.78 is 18.7. The van der Waals surface area contributed by atoms with Gasteiger partial charge in [0.25, 0.3) is 0 Å². The fourth-order valence-corrected chi connectivity index (χ4v) is 2.19. The van der Waals surface area contributed by atoms with Gasteiger partial charge in [0.2, 0.25) is 0 Å². The smallest absolute Gasteiger partial charge is 0.316 e. The van der Waals surface area contributed by atoms with Crippen LogP contribution in [0.2, 0.25) is 0 Å². The minimum absolute atomic E-state index is 0.283. The first-order valence-corrected chi connectivity index (χ1v) is 7.54. The van der Waals surface area contributed by atoms with Crippen LogP contribution in [0.3, 0.4) is 0 Å². The number of likely N-dealkylation sites (N-methyl/N-ethyl adjacent to an activating group) is 1. The minimum Gasteiger partial charge on any atom is -0.462 e. The van der Waals surface area contributed by atoms with Crippen LogP contribution in [0, 0.1) is 5.82 Å². The molecule has 0 aliphatic rings. The average molecular weight is 327 g/mol. The van der Waals surface area contributed by atoms with Crippen molar-refractivity contribution in [1.29, 1.82) is 0 Å². The third kappa shape index (κ3) is 3.75. The lowest BCUT2D eigenvalue weighted by atomic mass is 10.1. The molecule has 0 spiro atoms. The second-order valence-corrected chi connectivity index (χ2v) is 5.51. The number of benzene rings is 1. The molecule has 0 atom stereocenters. The van der Waals surface area contributed by atoms with E-state index in [-0.39, 0.29) is 5.82 Å². The van der Waals surface area contributed by atoms with E-state index in [1.54, 1.807) is 30.7 Å². The molecule has 0 saturated carbocycles. The van der Waals surface area contributed by atoms with E-state index >= 15 is 0 Å². The topological polar surface area (TPSA) is 66.9 Å². The highest BCUT2D eigenvalue weighted by Crippen LogP contribution is 2.28. The number of halogens is 1. The van der Waals surface area contributed by atoms with Crippen LogP contribution in [0.1, 0.15) is 0 Å². The highest BCUT2D eigenvalue weighted by Gasteiger charge is 2.13. The van der Waals surface area contributed by atoms with E-state index in [1.165, 1.54) is 12.1 Å². The van der Waals surface area contributed by atoms with Gasteiger partial charge in [-0.05, 0) is 44.4 Å². The van der Waals surface area contributed by atoms with Gasteiger partial charge in [0.15, 0.2) is 0 Å². The molecule has 0 bridgehead atoms. The lowest BCUT2D eigenvalue weighted by Gasteiger charge is -2.10. The molecule has 0 aliphatic carbocycles. The zero-order valence-electron chi connectivity index (χ0n) is 13.5. The van der Waals surface area contributed by atoms with Crippen molar-refractivity contribution in [2.45, 2.75) is 0 Å². The van der Waals surface area contributed by atoms with Gasteiger partial charge < -0.3 is 14.6 Å². The molecule has 24 heavy (non-hydrogen) atoms. The van der Waals surface area contributed by atoms with Gasteiger partial charge in [0.05, 0.1) is 23.4 Å². The van der Waals surface area contributed by atoms with E-state index in [2.05, 4.69) is 19.9 Å². The van der Waals surface area contributed by atoms with E-state index in [0.717, 1.165) is 17.8 Å². The van der Waals surface area contributed by atoms with Crippen molar-refractivity contribution in [3.63, 3.8) is 0 Å². The molecular formula is C17H18FN5O. The fraction of sp³-hybridized carbons (Fsp3) is 0.235. The highest BCUT2D eigenvalue weighted by molar-refractivity contribution is 5.76. The SMILES string of the molecule is CN(C)CCOc1nccc(-c2[nH]cnc2-c2ccc(F)cc2)n1. The van der Waals surface area contributed by atoms with Crippen molar-refractivity contribution in [3.8, 4) is 28.7 Å². The van der Waals surface area contributed by atoms with Crippen LogP contribution in [-0.4, -0.2) is 52.1 Å². The lowest BCUT2D eigenvalue weighted by Crippen LogP contribution is -2.20. The lowest BCUT2D eigenvalue weighted by molar-refractivity contribution is 0.245. The van der Waals surface area contributed by atoms with Crippen LogP contribution < -0.4 is 4.74 Å². The zero-order valence-corrected chi connectivity index (χ0v) is 13.5. The monoisotopic (exact) mass is 327 g/mol. The molecule has 0 aliphatic heterocycles. The molecule has 124 valence electrons. The summed E-state index contributed by atoms with van der Waals surface area (Å²) in [6.07, 6.45) is 3.23. The number of hydrogen-bond donors (Lipinski definition) is 1. The second kappa shape index (κ2) is 7.18. The third-order valence-electron chi connectivity index (χ3n) is 3.42. The minimum atomic E-state index is -0.283. The molecule has 7 heteroatoms. The first-order valence-electron chi connectivity index (χ1n) is 7.54. The van der Waals surface area contributed by atoms with Crippen LogP contribution in [0.4, 0.5) is 4.39 Å². The Morgan fingerprint density at radius 3 is 2.67 bits per heavy atom. The van der Waals surface area contributed by atoms with Crippen molar-refractivity contribution in [1.82, 2.24) is 24.8 Å². The molecule has 0 fully saturated rings. The molecule has 2 aromatic heterocycles. The van der Waals surface area contributed by atoms with Crippen LogP contribution in [0.25, 0.3) is 22.6 Å². The average Bonchev–Trinajstić information content (AvgIpc) is 3.05. The third-order valence-corrected chi connectivity index (χ3v) is 3.42. The maximum atomic E-state index is 13.1. The van der Waals surface area contributed by atoms with Crippen molar-refractivity contribution in [2.24, 2.45) is 0 Å². The number of hydrogen-bond acceptors (Lipinski definition) is 5. The zero-order chi connectivity index (χ0) is 16.9. The van der Waals surface area contributed by atoms with Gasteiger partial charge in [-0.25, -0.2) is 14.4 Å². The number of ether oxygens (including phenoxy) is 1. The van der Waals surface area contributed by atoms with Crippen LogP contribution in [0.5, 0.6) is 6.01 Å². The number of aromatic nitrogens is 4. The van der Waals surface area contributed by atoms with E-state index in [0.29, 0.717) is 24.0 Å². The molecular weight excluding hydrogens is 309 g/mol. The van der Waals surface area contributed by atoms with Gasteiger partial charge in [-0.2, -0.15) is 4.98 Å². The molecule has 3 rings (SSSR count). The summed E-state index contributed by atoms with van der Waals surface area (Å²) >= 11 is 0. The first kappa shape index (κ1) is 16.1. The number of aromatic amines is 1. The summed E-state index contributed by atoms with van der Waals surface area (Å²) in [4.78, 5) is 18.0. The van der Waals surface area contributed by atoms with Gasteiger partial charge in [0, 0.05) is 18.3 Å². The quantitative estimate of drug-likeness (QED) is 0.754. The van der Waals surface area contributed by atoms with E-state index in [1.807, 2.05) is 19.0 Å². The summed E-state index contributed by atoms with van der Waals surface area (Å²) in [5, 5.41) is 0. The predicted molar refractivity (Wildman–Crippen MR) is 89.1 cm³/mol. The number of imidazole rings is 1. The number of H-pyrrole nitrogens is 1. The van der Waals surface area contributed by atoms with Gasteiger partial charge in [-0.15, -0.1) is 0 Å². The van der Waals surface area contributed by atoms with Gasteiger partial charge in [-0.3, -0.25) is 0 Å². The highest BCUT2D eigenvalue weighted by atomic mass is 19.1. The van der Waals surface area contributed by atoms with Crippen molar-refractivity contribution in [2.75, 3.05) is 27.2 Å². The standard InChI is InChI=1S/C17H18FN5O/c1-23(2)9-10-24-17-19-8-7-14(22-17)16-15(20-11-21-16)12-3-5-13(18)6-4-12/h3-8,11H,9-10H2,1-2H3,(H,20,21). The Kier molecular flexibility index (Phi) is 4.81. The van der Waals surface area contributed by atoms with Crippen molar-refractivity contribution < 1.29 is 9.13 Å². The fourth-order valence-electron chi connectivity index (χ4n) is 2.19. The molecule has 1 aromatic carbocycles. The summed E-state index contributed by atoms with van der Waals surface area (Å²) in [6.45, 7) is 1.28. The second-order valence-electron chi connectivity index (χ2n) is 5.51. The Morgan fingerprint density at radius 2 is 1.92 bits per heavy atom. The summed E-state index contributed by atoms with van der Waals surface area (Å²) in [6, 6.07) is 8.27.